The number of halogens is 1. The fraction of sp³-hybridized carbons (Fsp3) is 0.250. The summed E-state index contributed by atoms with van der Waals surface area (Å²) in [5, 5.41) is 0. The molecule has 0 heterocycles. The van der Waals surface area contributed by atoms with Crippen LogP contribution in [-0.2, 0) is 0 Å². The maximum absolute atomic E-state index is 5.01. The largest absolute Gasteiger partial charge is 0.289 e. The lowest BCUT2D eigenvalue weighted by Crippen LogP contribution is -1.90. The average molecular weight is 119 g/mol. The van der Waals surface area contributed by atoms with E-state index in [1.54, 1.807) is 6.92 Å². The molecule has 0 radical (unpaired) electrons. The Hall–Kier alpha value is -0.500. The molecule has 3 heteroatoms. The molecule has 0 saturated heterocycles. The third-order valence-electron chi connectivity index (χ3n) is 0.334. The first-order valence-corrected chi connectivity index (χ1v) is 2.19. The second-order valence-electron chi connectivity index (χ2n) is 1.10. The normalized spacial score (nSPS) is 9.43. The first kappa shape index (κ1) is 6.50. The minimum absolute atomic E-state index is 0.730. The molecule has 0 aliphatic heterocycles. The van der Waals surface area contributed by atoms with Crippen LogP contribution >= 0.6 is 11.8 Å². The molecule has 0 fully saturated rings. The van der Waals surface area contributed by atoms with Gasteiger partial charge < -0.3 is 0 Å². The number of nitrogens with zero attached hydrogens (tertiary/aromatic N) is 1. The summed E-state index contributed by atoms with van der Waals surface area (Å²) >= 11 is 5.01. The Labute approximate surface area is 48.0 Å². The molecule has 0 aliphatic carbocycles. The minimum Gasteiger partial charge on any atom is -0.289 e. The highest BCUT2D eigenvalue weighted by molar-refractivity contribution is 6.18. The Balaban J connectivity index is 3.26. The number of nitrogens with one attached hydrogen (secondary N) is 1. The van der Waals surface area contributed by atoms with Crippen LogP contribution in [0.1, 0.15) is 6.92 Å². The van der Waals surface area contributed by atoms with Gasteiger partial charge in [-0.3, -0.25) is 4.84 Å². The molecule has 0 aliphatic rings. The van der Waals surface area contributed by atoms with Crippen LogP contribution < -0.4 is 4.84 Å². The van der Waals surface area contributed by atoms with Gasteiger partial charge >= 0.3 is 0 Å². The zero-order valence-electron chi connectivity index (χ0n) is 4.11. The van der Waals surface area contributed by atoms with E-state index in [0.717, 1.165) is 5.70 Å². The van der Waals surface area contributed by atoms with E-state index in [1.165, 1.54) is 6.34 Å². The van der Waals surface area contributed by atoms with E-state index in [1.807, 2.05) is 0 Å². The molecule has 0 spiro atoms. The first-order valence-electron chi connectivity index (χ1n) is 1.81. The number of rotatable bonds is 2. The van der Waals surface area contributed by atoms with Crippen molar-refractivity contribution < 1.29 is 0 Å². The molecule has 0 atom stereocenters. The molecule has 0 saturated carbocycles. The Morgan fingerprint density at radius 1 is 2.00 bits per heavy atom. The van der Waals surface area contributed by atoms with Crippen LogP contribution in [0.25, 0.3) is 0 Å². The van der Waals surface area contributed by atoms with E-state index in [0.29, 0.717) is 0 Å². The van der Waals surface area contributed by atoms with Crippen molar-refractivity contribution in [1.29, 1.82) is 0 Å². The topological polar surface area (TPSA) is 24.4 Å². The third-order valence-corrected chi connectivity index (χ3v) is 0.431. The van der Waals surface area contributed by atoms with Crippen molar-refractivity contribution in [1.82, 2.24) is 4.84 Å². The molecule has 1 N–H and O–H groups in total. The van der Waals surface area contributed by atoms with Gasteiger partial charge in [0.05, 0.1) is 0 Å². The standard InChI is InChI=1S/C4H7ClN2/c1-4(2)6-3-7-5/h3H,1H2,2H3,(H,6,7). The highest BCUT2D eigenvalue weighted by atomic mass is 35.5. The fourth-order valence-corrected chi connectivity index (χ4v) is 0.183. The number of aliphatic imine (C=N–C) groups is 1. The van der Waals surface area contributed by atoms with Gasteiger partial charge in [0, 0.05) is 17.5 Å². The first-order chi connectivity index (χ1) is 3.27. The lowest BCUT2D eigenvalue weighted by molar-refractivity contribution is 1.31. The van der Waals surface area contributed by atoms with Crippen molar-refractivity contribution in [2.24, 2.45) is 4.99 Å². The van der Waals surface area contributed by atoms with E-state index in [9.17, 15) is 0 Å². The van der Waals surface area contributed by atoms with Crippen molar-refractivity contribution in [2.75, 3.05) is 0 Å². The third kappa shape index (κ3) is 5.50. The molecule has 0 unspecified atom stereocenters. The summed E-state index contributed by atoms with van der Waals surface area (Å²) in [6.07, 6.45) is 1.36. The van der Waals surface area contributed by atoms with Gasteiger partial charge in [-0.15, -0.1) is 0 Å². The average Bonchev–Trinajstić information content (AvgIpc) is 1.61. The van der Waals surface area contributed by atoms with Gasteiger partial charge in [-0.2, -0.15) is 0 Å². The van der Waals surface area contributed by atoms with Gasteiger partial charge in [0.25, 0.3) is 0 Å². The monoisotopic (exact) mass is 118 g/mol. The van der Waals surface area contributed by atoms with Gasteiger partial charge in [0.15, 0.2) is 0 Å². The summed E-state index contributed by atoms with van der Waals surface area (Å²) in [5.41, 5.74) is 0.730. The van der Waals surface area contributed by atoms with Crippen LogP contribution in [0, 0.1) is 0 Å². The number of hydrogen-bond acceptors (Lipinski definition) is 1. The van der Waals surface area contributed by atoms with Crippen LogP contribution in [0.2, 0.25) is 0 Å². The summed E-state index contributed by atoms with van der Waals surface area (Å²) < 4.78 is 0. The summed E-state index contributed by atoms with van der Waals surface area (Å²) in [6, 6.07) is 0. The van der Waals surface area contributed by atoms with E-state index in [2.05, 4.69) is 16.4 Å². The molecule has 0 aromatic rings. The maximum Gasteiger partial charge on any atom is 0.103 e. The van der Waals surface area contributed by atoms with Crippen molar-refractivity contribution >= 4 is 18.1 Å². The molecular formula is C4H7ClN2. The second kappa shape index (κ2) is 3.68. The van der Waals surface area contributed by atoms with E-state index in [-0.39, 0.29) is 0 Å². The van der Waals surface area contributed by atoms with E-state index in [4.69, 9.17) is 11.8 Å². The fourth-order valence-electron chi connectivity index (χ4n) is 0.135. The quantitative estimate of drug-likeness (QED) is 0.330. The Morgan fingerprint density at radius 3 is 2.71 bits per heavy atom. The Morgan fingerprint density at radius 2 is 2.57 bits per heavy atom. The summed E-state index contributed by atoms with van der Waals surface area (Å²) in [6.45, 7) is 5.28. The van der Waals surface area contributed by atoms with Crippen LogP contribution in [0.3, 0.4) is 0 Å². The van der Waals surface area contributed by atoms with Gasteiger partial charge in [0.2, 0.25) is 0 Å². The molecule has 7 heavy (non-hydrogen) atoms. The van der Waals surface area contributed by atoms with Gasteiger partial charge in [-0.25, -0.2) is 4.99 Å². The molecule has 0 bridgehead atoms. The maximum atomic E-state index is 5.01. The lowest BCUT2D eigenvalue weighted by atomic mass is 10.6. The molecule has 0 aromatic heterocycles. The lowest BCUT2D eigenvalue weighted by Gasteiger charge is -1.81. The summed E-state index contributed by atoms with van der Waals surface area (Å²) in [4.78, 5) is 5.90. The Kier molecular flexibility index (Phi) is 3.42. The highest BCUT2D eigenvalue weighted by Gasteiger charge is 1.67. The van der Waals surface area contributed by atoms with Crippen molar-refractivity contribution in [2.45, 2.75) is 6.92 Å². The van der Waals surface area contributed by atoms with Gasteiger partial charge in [-0.05, 0) is 6.92 Å². The summed E-state index contributed by atoms with van der Waals surface area (Å²) in [7, 11) is 0. The van der Waals surface area contributed by atoms with Crippen LogP contribution in [0.4, 0.5) is 0 Å². The Bertz CT molecular complexity index is 87.7. The predicted octanol–water partition coefficient (Wildman–Crippen LogP) is 1.29. The molecule has 40 valence electrons. The molecular weight excluding hydrogens is 112 g/mol. The molecule has 0 rings (SSSR count). The summed E-state index contributed by atoms with van der Waals surface area (Å²) in [5.74, 6) is 0. The predicted molar refractivity (Wildman–Crippen MR) is 32.3 cm³/mol. The highest BCUT2D eigenvalue weighted by Crippen LogP contribution is 1.82. The zero-order valence-corrected chi connectivity index (χ0v) is 4.87. The smallest absolute Gasteiger partial charge is 0.103 e. The van der Waals surface area contributed by atoms with Crippen LogP contribution in [0.5, 0.6) is 0 Å². The van der Waals surface area contributed by atoms with E-state index < -0.39 is 0 Å². The second-order valence-corrected chi connectivity index (χ2v) is 1.32. The molecule has 2 nitrogen and oxygen atoms in total. The minimum atomic E-state index is 0.730. The van der Waals surface area contributed by atoms with Crippen molar-refractivity contribution in [3.63, 3.8) is 0 Å². The van der Waals surface area contributed by atoms with Crippen LogP contribution in [-0.4, -0.2) is 6.34 Å². The van der Waals surface area contributed by atoms with E-state index >= 15 is 0 Å². The van der Waals surface area contributed by atoms with Gasteiger partial charge in [0.1, 0.15) is 6.34 Å². The number of hydrogen-bond donors (Lipinski definition) is 1. The SMILES string of the molecule is C=C(C)/N=C\NCl. The number of allylic oxidation sites excluding steroid dienone is 1. The van der Waals surface area contributed by atoms with Crippen LogP contribution in [0.15, 0.2) is 17.3 Å². The zero-order chi connectivity index (χ0) is 5.70. The van der Waals surface area contributed by atoms with Crippen molar-refractivity contribution in [3.05, 3.63) is 12.3 Å². The molecule has 0 amide bonds. The van der Waals surface area contributed by atoms with Gasteiger partial charge in [-0.1, -0.05) is 6.58 Å². The molecule has 0 aromatic carbocycles. The van der Waals surface area contributed by atoms with Crippen molar-refractivity contribution in [3.8, 4) is 0 Å².